The normalized spacial score (nSPS) is 11.1. The lowest BCUT2D eigenvalue weighted by molar-refractivity contribution is 0.0735. The average Bonchev–Trinajstić information content (AvgIpc) is 3.50. The standard InChI is InChI=1S/C29H27N3OS/c1-2-19-32-25-16-10-9-15-24(25)30-28(32)26-17-18-27(34-26)29(33)31(20-22-11-5-3-6-12-22)21-23-13-7-4-8-14-23/h3-18H,2,19-21H2,1H3. The van der Waals surface area contributed by atoms with Crippen molar-refractivity contribution in [3.63, 3.8) is 0 Å². The van der Waals surface area contributed by atoms with E-state index in [2.05, 4.69) is 41.8 Å². The Bertz CT molecular complexity index is 1350. The Morgan fingerprint density at radius 1 is 0.824 bits per heavy atom. The van der Waals surface area contributed by atoms with E-state index in [0.29, 0.717) is 13.1 Å². The summed E-state index contributed by atoms with van der Waals surface area (Å²) in [7, 11) is 0. The Morgan fingerprint density at radius 2 is 1.44 bits per heavy atom. The van der Waals surface area contributed by atoms with E-state index >= 15 is 0 Å². The summed E-state index contributed by atoms with van der Waals surface area (Å²) in [5.41, 5.74) is 4.36. The number of fused-ring (bicyclic) bond motifs is 1. The van der Waals surface area contributed by atoms with Crippen LogP contribution in [0.15, 0.2) is 97.1 Å². The summed E-state index contributed by atoms with van der Waals surface area (Å²) in [6.07, 6.45) is 1.02. The number of hydrogen-bond donors (Lipinski definition) is 0. The van der Waals surface area contributed by atoms with Crippen molar-refractivity contribution in [1.29, 1.82) is 0 Å². The van der Waals surface area contributed by atoms with Crippen LogP contribution in [0.3, 0.4) is 0 Å². The molecule has 3 aromatic carbocycles. The second kappa shape index (κ2) is 10.1. The SMILES string of the molecule is CCCn1c(-c2ccc(C(=O)N(Cc3ccccc3)Cc3ccccc3)s2)nc2ccccc21. The van der Waals surface area contributed by atoms with Crippen molar-refractivity contribution in [3.8, 4) is 10.7 Å². The fourth-order valence-corrected chi connectivity index (χ4v) is 5.22. The first-order chi connectivity index (χ1) is 16.7. The monoisotopic (exact) mass is 465 g/mol. The summed E-state index contributed by atoms with van der Waals surface area (Å²) in [6.45, 7) is 4.20. The van der Waals surface area contributed by atoms with Crippen molar-refractivity contribution in [1.82, 2.24) is 14.5 Å². The van der Waals surface area contributed by atoms with Crippen molar-refractivity contribution in [2.45, 2.75) is 33.0 Å². The topological polar surface area (TPSA) is 38.1 Å². The van der Waals surface area contributed by atoms with Gasteiger partial charge in [0.1, 0.15) is 0 Å². The molecule has 0 saturated carbocycles. The number of nitrogens with zero attached hydrogens (tertiary/aromatic N) is 3. The Morgan fingerprint density at radius 3 is 2.09 bits per heavy atom. The summed E-state index contributed by atoms with van der Waals surface area (Å²) >= 11 is 1.52. The highest BCUT2D eigenvalue weighted by atomic mass is 32.1. The Hall–Kier alpha value is -3.70. The maximum Gasteiger partial charge on any atom is 0.264 e. The van der Waals surface area contributed by atoms with Gasteiger partial charge in [0.25, 0.3) is 5.91 Å². The minimum Gasteiger partial charge on any atom is -0.329 e. The molecule has 0 fully saturated rings. The maximum atomic E-state index is 13.7. The van der Waals surface area contributed by atoms with Gasteiger partial charge in [0.2, 0.25) is 0 Å². The van der Waals surface area contributed by atoms with Gasteiger partial charge in [-0.25, -0.2) is 4.98 Å². The molecule has 170 valence electrons. The van der Waals surface area contributed by atoms with E-state index in [4.69, 9.17) is 4.98 Å². The van der Waals surface area contributed by atoms with Crippen LogP contribution < -0.4 is 0 Å². The number of carbonyl (C=O) groups excluding carboxylic acids is 1. The molecule has 0 saturated heterocycles. The van der Waals surface area contributed by atoms with Crippen LogP contribution in [-0.2, 0) is 19.6 Å². The molecule has 1 amide bonds. The molecule has 0 bridgehead atoms. The van der Waals surface area contributed by atoms with Crippen molar-refractivity contribution < 1.29 is 4.79 Å². The molecule has 0 spiro atoms. The number of carbonyl (C=O) groups is 1. The Balaban J connectivity index is 1.47. The zero-order valence-corrected chi connectivity index (χ0v) is 20.0. The number of amides is 1. The van der Waals surface area contributed by atoms with Crippen LogP contribution in [0.4, 0.5) is 0 Å². The number of aromatic nitrogens is 2. The first-order valence-corrected chi connectivity index (χ1v) is 12.5. The number of para-hydroxylation sites is 2. The molecule has 0 aliphatic carbocycles. The summed E-state index contributed by atoms with van der Waals surface area (Å²) in [4.78, 5) is 22.3. The van der Waals surface area contributed by atoms with Gasteiger partial charge in [0.15, 0.2) is 5.82 Å². The van der Waals surface area contributed by atoms with E-state index in [1.807, 2.05) is 71.6 Å². The summed E-state index contributed by atoms with van der Waals surface area (Å²) in [6, 6.07) is 32.5. The number of aryl methyl sites for hydroxylation is 1. The minimum absolute atomic E-state index is 0.0436. The molecule has 0 aliphatic heterocycles. The number of benzene rings is 3. The fourth-order valence-electron chi connectivity index (χ4n) is 4.25. The number of hydrogen-bond acceptors (Lipinski definition) is 3. The van der Waals surface area contributed by atoms with Gasteiger partial charge in [0, 0.05) is 19.6 Å². The molecule has 4 nitrogen and oxygen atoms in total. The molecule has 0 N–H and O–H groups in total. The first-order valence-electron chi connectivity index (χ1n) is 11.7. The van der Waals surface area contributed by atoms with E-state index < -0.39 is 0 Å². The van der Waals surface area contributed by atoms with Crippen LogP contribution in [0.5, 0.6) is 0 Å². The minimum atomic E-state index is 0.0436. The lowest BCUT2D eigenvalue weighted by Gasteiger charge is -2.22. The van der Waals surface area contributed by atoms with Crippen LogP contribution >= 0.6 is 11.3 Å². The van der Waals surface area contributed by atoms with Gasteiger partial charge in [-0.1, -0.05) is 79.7 Å². The molecule has 2 aromatic heterocycles. The highest BCUT2D eigenvalue weighted by Gasteiger charge is 2.21. The molecular weight excluding hydrogens is 438 g/mol. The second-order valence-electron chi connectivity index (χ2n) is 8.37. The number of imidazole rings is 1. The molecule has 0 atom stereocenters. The largest absolute Gasteiger partial charge is 0.329 e. The highest BCUT2D eigenvalue weighted by molar-refractivity contribution is 7.17. The number of thiophene rings is 1. The summed E-state index contributed by atoms with van der Waals surface area (Å²) < 4.78 is 2.27. The average molecular weight is 466 g/mol. The molecular formula is C29H27N3OS. The predicted molar refractivity (Wildman–Crippen MR) is 140 cm³/mol. The van der Waals surface area contributed by atoms with Gasteiger partial charge in [-0.15, -0.1) is 11.3 Å². The smallest absolute Gasteiger partial charge is 0.264 e. The quantitative estimate of drug-likeness (QED) is 0.247. The van der Waals surface area contributed by atoms with Crippen LogP contribution in [0, 0.1) is 0 Å². The van der Waals surface area contributed by atoms with Gasteiger partial charge in [0.05, 0.1) is 20.8 Å². The van der Waals surface area contributed by atoms with E-state index in [0.717, 1.165) is 50.7 Å². The Labute approximate surface area is 204 Å². The zero-order valence-electron chi connectivity index (χ0n) is 19.2. The summed E-state index contributed by atoms with van der Waals surface area (Å²) in [5, 5.41) is 0. The van der Waals surface area contributed by atoms with E-state index in [-0.39, 0.29) is 5.91 Å². The van der Waals surface area contributed by atoms with Gasteiger partial charge in [-0.3, -0.25) is 4.79 Å². The molecule has 0 unspecified atom stereocenters. The van der Waals surface area contributed by atoms with Gasteiger partial charge >= 0.3 is 0 Å². The molecule has 5 heteroatoms. The molecule has 34 heavy (non-hydrogen) atoms. The van der Waals surface area contributed by atoms with Crippen molar-refractivity contribution in [2.24, 2.45) is 0 Å². The van der Waals surface area contributed by atoms with Crippen molar-refractivity contribution in [2.75, 3.05) is 0 Å². The molecule has 5 aromatic rings. The van der Waals surface area contributed by atoms with E-state index in [9.17, 15) is 4.79 Å². The van der Waals surface area contributed by atoms with E-state index in [1.54, 1.807) is 0 Å². The van der Waals surface area contributed by atoms with Gasteiger partial charge in [-0.05, 0) is 41.8 Å². The zero-order chi connectivity index (χ0) is 23.3. The maximum absolute atomic E-state index is 13.7. The molecule has 2 heterocycles. The predicted octanol–water partition coefficient (Wildman–Crippen LogP) is 7.02. The summed E-state index contributed by atoms with van der Waals surface area (Å²) in [5.74, 6) is 0.979. The Kier molecular flexibility index (Phi) is 6.54. The van der Waals surface area contributed by atoms with E-state index in [1.165, 1.54) is 11.3 Å². The molecule has 0 radical (unpaired) electrons. The fraction of sp³-hybridized carbons (Fsp3) is 0.172. The lowest BCUT2D eigenvalue weighted by atomic mass is 10.1. The van der Waals surface area contributed by atoms with Crippen molar-refractivity contribution >= 4 is 28.3 Å². The molecule has 5 rings (SSSR count). The van der Waals surface area contributed by atoms with Crippen LogP contribution in [0.1, 0.15) is 34.1 Å². The second-order valence-corrected chi connectivity index (χ2v) is 9.46. The number of rotatable bonds is 8. The van der Waals surface area contributed by atoms with Crippen LogP contribution in [-0.4, -0.2) is 20.4 Å². The first kappa shape index (κ1) is 22.1. The third-order valence-electron chi connectivity index (χ3n) is 5.86. The van der Waals surface area contributed by atoms with Gasteiger partial charge in [-0.2, -0.15) is 0 Å². The highest BCUT2D eigenvalue weighted by Crippen LogP contribution is 2.32. The van der Waals surface area contributed by atoms with Crippen LogP contribution in [0.25, 0.3) is 21.7 Å². The van der Waals surface area contributed by atoms with Crippen molar-refractivity contribution in [3.05, 3.63) is 113 Å². The lowest BCUT2D eigenvalue weighted by Crippen LogP contribution is -2.29. The van der Waals surface area contributed by atoms with Crippen LogP contribution in [0.2, 0.25) is 0 Å². The molecule has 0 aliphatic rings. The third kappa shape index (κ3) is 4.66. The third-order valence-corrected chi connectivity index (χ3v) is 6.93. The van der Waals surface area contributed by atoms with Gasteiger partial charge < -0.3 is 9.47 Å².